The summed E-state index contributed by atoms with van der Waals surface area (Å²) in [7, 11) is 0. The average Bonchev–Trinajstić information content (AvgIpc) is 2.66. The zero-order valence-corrected chi connectivity index (χ0v) is 17.7. The first-order valence-electron chi connectivity index (χ1n) is 11.6. The second kappa shape index (κ2) is 14.9. The summed E-state index contributed by atoms with van der Waals surface area (Å²) in [5, 5.41) is 12.3. The fourth-order valence-electron chi connectivity index (χ4n) is 4.18. The van der Waals surface area contributed by atoms with Gasteiger partial charge in [0.2, 0.25) is 5.91 Å². The Balaban J connectivity index is 1.95. The third-order valence-electron chi connectivity index (χ3n) is 6.00. The van der Waals surface area contributed by atoms with E-state index in [1.165, 1.54) is 70.6 Å². The maximum absolute atomic E-state index is 12.1. The van der Waals surface area contributed by atoms with Crippen LogP contribution in [0.4, 0.5) is 0 Å². The quantitative estimate of drug-likeness (QED) is 0.305. The van der Waals surface area contributed by atoms with E-state index in [0.717, 1.165) is 32.1 Å². The van der Waals surface area contributed by atoms with Crippen LogP contribution in [0.15, 0.2) is 0 Å². The van der Waals surface area contributed by atoms with Crippen molar-refractivity contribution in [3.63, 3.8) is 0 Å². The minimum absolute atomic E-state index is 0.0811. The molecule has 0 heterocycles. The van der Waals surface area contributed by atoms with Gasteiger partial charge in [-0.05, 0) is 19.3 Å². The van der Waals surface area contributed by atoms with Gasteiger partial charge in [-0.1, -0.05) is 103 Å². The highest BCUT2D eigenvalue weighted by Gasteiger charge is 2.40. The van der Waals surface area contributed by atoms with Crippen molar-refractivity contribution >= 4 is 11.9 Å². The molecule has 0 aromatic heterocycles. The lowest BCUT2D eigenvalue weighted by Crippen LogP contribution is -2.55. The molecular formula is C23H43NO3. The lowest BCUT2D eigenvalue weighted by molar-refractivity contribution is -0.149. The molecule has 1 saturated carbocycles. The first kappa shape index (κ1) is 24.0. The highest BCUT2D eigenvalue weighted by Crippen LogP contribution is 2.28. The molecule has 4 nitrogen and oxygen atoms in total. The zero-order chi connectivity index (χ0) is 19.8. The number of hydrogen-bond donors (Lipinski definition) is 2. The van der Waals surface area contributed by atoms with E-state index in [-0.39, 0.29) is 5.91 Å². The SMILES string of the molecule is CCCCCCCCCCCCCCCC(=O)NC1(C(=O)O)CCCCC1. The number of unbranched alkanes of at least 4 members (excludes halogenated alkanes) is 12. The van der Waals surface area contributed by atoms with Crippen molar-refractivity contribution in [1.82, 2.24) is 5.32 Å². The molecule has 0 atom stereocenters. The summed E-state index contributed by atoms with van der Waals surface area (Å²) in [5.74, 6) is -0.941. The number of rotatable bonds is 16. The number of carboxylic acid groups (broad SMARTS) is 1. The fourth-order valence-corrected chi connectivity index (χ4v) is 4.18. The number of carboxylic acids is 1. The molecule has 158 valence electrons. The minimum Gasteiger partial charge on any atom is -0.480 e. The predicted octanol–water partition coefficient (Wildman–Crippen LogP) is 6.37. The van der Waals surface area contributed by atoms with Gasteiger partial charge in [-0.2, -0.15) is 0 Å². The van der Waals surface area contributed by atoms with Crippen LogP contribution in [0.5, 0.6) is 0 Å². The molecule has 0 aromatic carbocycles. The van der Waals surface area contributed by atoms with Gasteiger partial charge in [-0.15, -0.1) is 0 Å². The Kier molecular flexibility index (Phi) is 13.3. The molecule has 0 aromatic rings. The topological polar surface area (TPSA) is 66.4 Å². The molecule has 4 heteroatoms. The highest BCUT2D eigenvalue weighted by molar-refractivity contribution is 5.87. The van der Waals surface area contributed by atoms with Crippen LogP contribution in [0.25, 0.3) is 0 Å². The van der Waals surface area contributed by atoms with Crippen molar-refractivity contribution < 1.29 is 14.7 Å². The van der Waals surface area contributed by atoms with Gasteiger partial charge in [0.25, 0.3) is 0 Å². The van der Waals surface area contributed by atoms with Crippen LogP contribution in [0, 0.1) is 0 Å². The van der Waals surface area contributed by atoms with Crippen LogP contribution >= 0.6 is 0 Å². The Labute approximate surface area is 166 Å². The minimum atomic E-state index is -0.994. The normalized spacial score (nSPS) is 16.2. The second-order valence-electron chi connectivity index (χ2n) is 8.49. The predicted molar refractivity (Wildman–Crippen MR) is 112 cm³/mol. The summed E-state index contributed by atoms with van der Waals surface area (Å²) in [5.41, 5.74) is -0.994. The Morgan fingerprint density at radius 1 is 0.741 bits per heavy atom. The summed E-state index contributed by atoms with van der Waals surface area (Å²) in [6, 6.07) is 0. The maximum Gasteiger partial charge on any atom is 0.329 e. The van der Waals surface area contributed by atoms with Gasteiger partial charge in [-0.25, -0.2) is 4.79 Å². The summed E-state index contributed by atoms with van der Waals surface area (Å²) in [6.07, 6.45) is 21.2. The van der Waals surface area contributed by atoms with Crippen molar-refractivity contribution in [3.05, 3.63) is 0 Å². The van der Waals surface area contributed by atoms with E-state index in [2.05, 4.69) is 12.2 Å². The summed E-state index contributed by atoms with van der Waals surface area (Å²) in [4.78, 5) is 23.7. The molecule has 2 N–H and O–H groups in total. The van der Waals surface area contributed by atoms with Gasteiger partial charge in [0.1, 0.15) is 5.54 Å². The monoisotopic (exact) mass is 381 g/mol. The van der Waals surface area contributed by atoms with Crippen LogP contribution in [0.1, 0.15) is 129 Å². The molecule has 1 amide bonds. The lowest BCUT2D eigenvalue weighted by atomic mass is 9.81. The zero-order valence-electron chi connectivity index (χ0n) is 17.7. The summed E-state index contributed by atoms with van der Waals surface area (Å²) >= 11 is 0. The van der Waals surface area contributed by atoms with Crippen LogP contribution in [0.2, 0.25) is 0 Å². The number of aliphatic carboxylic acids is 1. The van der Waals surface area contributed by atoms with E-state index >= 15 is 0 Å². The van der Waals surface area contributed by atoms with Gasteiger partial charge in [0.05, 0.1) is 0 Å². The Hall–Kier alpha value is -1.06. The van der Waals surface area contributed by atoms with Crippen molar-refractivity contribution in [1.29, 1.82) is 0 Å². The molecule has 0 spiro atoms. The van der Waals surface area contributed by atoms with Crippen molar-refractivity contribution in [2.45, 2.75) is 134 Å². The smallest absolute Gasteiger partial charge is 0.329 e. The standard InChI is InChI=1S/C23H43NO3/c1-2-3-4-5-6-7-8-9-10-11-12-13-15-18-21(25)24-23(22(26)27)19-16-14-17-20-23/h2-20H2,1H3,(H,24,25)(H,26,27). The molecule has 0 radical (unpaired) electrons. The molecule has 27 heavy (non-hydrogen) atoms. The molecule has 0 saturated heterocycles. The molecule has 0 unspecified atom stereocenters. The molecule has 1 fully saturated rings. The largest absolute Gasteiger partial charge is 0.480 e. The lowest BCUT2D eigenvalue weighted by Gasteiger charge is -2.34. The van der Waals surface area contributed by atoms with Crippen LogP contribution in [-0.4, -0.2) is 22.5 Å². The number of amides is 1. The van der Waals surface area contributed by atoms with E-state index in [0.29, 0.717) is 19.3 Å². The van der Waals surface area contributed by atoms with Crippen molar-refractivity contribution in [3.8, 4) is 0 Å². The Bertz CT molecular complexity index is 402. The second-order valence-corrected chi connectivity index (χ2v) is 8.49. The van der Waals surface area contributed by atoms with Crippen LogP contribution < -0.4 is 5.32 Å². The maximum atomic E-state index is 12.1. The van der Waals surface area contributed by atoms with Crippen LogP contribution in [-0.2, 0) is 9.59 Å². The number of nitrogens with one attached hydrogen (secondary N) is 1. The van der Waals surface area contributed by atoms with Gasteiger partial charge in [0.15, 0.2) is 0 Å². The molecule has 1 aliphatic rings. The molecule has 0 bridgehead atoms. The average molecular weight is 382 g/mol. The molecular weight excluding hydrogens is 338 g/mol. The molecule has 0 aliphatic heterocycles. The molecule has 1 aliphatic carbocycles. The first-order chi connectivity index (χ1) is 13.1. The van der Waals surface area contributed by atoms with Gasteiger partial charge >= 0.3 is 5.97 Å². The van der Waals surface area contributed by atoms with Gasteiger partial charge < -0.3 is 10.4 Å². The number of carbonyl (C=O) groups is 2. The van der Waals surface area contributed by atoms with Gasteiger partial charge in [-0.3, -0.25) is 4.79 Å². The van der Waals surface area contributed by atoms with E-state index in [1.807, 2.05) is 0 Å². The van der Waals surface area contributed by atoms with E-state index in [1.54, 1.807) is 0 Å². The summed E-state index contributed by atoms with van der Waals surface area (Å²) < 4.78 is 0. The number of hydrogen-bond acceptors (Lipinski definition) is 2. The van der Waals surface area contributed by atoms with Crippen molar-refractivity contribution in [2.24, 2.45) is 0 Å². The third-order valence-corrected chi connectivity index (χ3v) is 6.00. The van der Waals surface area contributed by atoms with E-state index < -0.39 is 11.5 Å². The van der Waals surface area contributed by atoms with Crippen molar-refractivity contribution in [2.75, 3.05) is 0 Å². The Morgan fingerprint density at radius 2 is 1.19 bits per heavy atom. The Morgan fingerprint density at radius 3 is 1.63 bits per heavy atom. The highest BCUT2D eigenvalue weighted by atomic mass is 16.4. The summed E-state index contributed by atoms with van der Waals surface area (Å²) in [6.45, 7) is 2.26. The van der Waals surface area contributed by atoms with Gasteiger partial charge in [0, 0.05) is 6.42 Å². The third kappa shape index (κ3) is 10.8. The first-order valence-corrected chi connectivity index (χ1v) is 11.6. The van der Waals surface area contributed by atoms with E-state index in [9.17, 15) is 14.7 Å². The fraction of sp³-hybridized carbons (Fsp3) is 0.913. The van der Waals surface area contributed by atoms with Crippen LogP contribution in [0.3, 0.4) is 0 Å². The molecule has 1 rings (SSSR count). The van der Waals surface area contributed by atoms with E-state index in [4.69, 9.17) is 0 Å². The number of carbonyl (C=O) groups excluding carboxylic acids is 1.